The number of rotatable bonds is 8. The summed E-state index contributed by atoms with van der Waals surface area (Å²) >= 11 is 0. The number of hydrogen-bond donors (Lipinski definition) is 2. The van der Waals surface area contributed by atoms with Gasteiger partial charge in [-0.3, -0.25) is 0 Å². The van der Waals surface area contributed by atoms with Crippen molar-refractivity contribution in [1.29, 1.82) is 0 Å². The van der Waals surface area contributed by atoms with Crippen molar-refractivity contribution >= 4 is 5.97 Å². The van der Waals surface area contributed by atoms with E-state index in [0.717, 1.165) is 17.8 Å². The molecule has 31 heavy (non-hydrogen) atoms. The number of hydrogen-bond acceptors (Lipinski definition) is 5. The minimum Gasteiger partial charge on any atom is -0.483 e. The second kappa shape index (κ2) is 9.20. The summed E-state index contributed by atoms with van der Waals surface area (Å²) < 4.78 is 55.3. The first kappa shape index (κ1) is 22.3. The Morgan fingerprint density at radius 3 is 2.29 bits per heavy atom. The Morgan fingerprint density at radius 2 is 1.74 bits per heavy atom. The van der Waals surface area contributed by atoms with Gasteiger partial charge in [-0.05, 0) is 49.7 Å². The molecule has 2 N–H and O–H groups in total. The molecule has 0 radical (unpaired) electrons. The molecule has 1 aliphatic heterocycles. The van der Waals surface area contributed by atoms with Crippen LogP contribution in [0.2, 0.25) is 0 Å². The van der Waals surface area contributed by atoms with Crippen LogP contribution in [0.1, 0.15) is 37.6 Å². The highest BCUT2D eigenvalue weighted by Crippen LogP contribution is 2.34. The highest BCUT2D eigenvalue weighted by atomic mass is 19.4. The average molecular weight is 437 g/mol. The number of allylic oxidation sites excluding steroid dienone is 1. The van der Waals surface area contributed by atoms with E-state index in [0.29, 0.717) is 29.2 Å². The number of ether oxygens (including phenoxy) is 3. The van der Waals surface area contributed by atoms with Gasteiger partial charge in [0.25, 0.3) is 0 Å². The van der Waals surface area contributed by atoms with Crippen LogP contribution in [-0.4, -0.2) is 23.8 Å². The van der Waals surface area contributed by atoms with Gasteiger partial charge < -0.3 is 24.6 Å². The zero-order valence-corrected chi connectivity index (χ0v) is 16.9. The van der Waals surface area contributed by atoms with Gasteiger partial charge in [0.15, 0.2) is 24.7 Å². The highest BCUT2D eigenvalue weighted by molar-refractivity contribution is 5.68. The van der Waals surface area contributed by atoms with Crippen LogP contribution in [-0.2, 0) is 15.7 Å². The van der Waals surface area contributed by atoms with Crippen LogP contribution in [0.5, 0.6) is 11.5 Å². The van der Waals surface area contributed by atoms with Gasteiger partial charge in [-0.15, -0.1) is 0 Å². The second-order valence-corrected chi connectivity index (χ2v) is 6.87. The zero-order valence-electron chi connectivity index (χ0n) is 16.9. The smallest absolute Gasteiger partial charge is 0.416 e. The summed E-state index contributed by atoms with van der Waals surface area (Å²) in [5.41, 5.74) is 0.658. The molecule has 3 rings (SSSR count). The summed E-state index contributed by atoms with van der Waals surface area (Å²) in [4.78, 5) is 10.6. The minimum atomic E-state index is -4.39. The standard InChI is InChI=1S/C22H22F3NO5/c1-3-18-20(13(2)30-17-10-8-16(9-11-17)29-12-19(27)28)31-21(26-18)14-4-6-15(7-5-14)22(23,24)25/h4-11,13,21,26H,3,12H2,1-2H3,(H,27,28). The van der Waals surface area contributed by atoms with Gasteiger partial charge >= 0.3 is 12.1 Å². The van der Waals surface area contributed by atoms with Crippen molar-refractivity contribution in [3.05, 3.63) is 71.1 Å². The van der Waals surface area contributed by atoms with Crippen molar-refractivity contribution in [2.24, 2.45) is 0 Å². The number of carbonyl (C=O) groups is 1. The molecule has 0 fully saturated rings. The third kappa shape index (κ3) is 5.62. The van der Waals surface area contributed by atoms with Crippen LogP contribution in [0, 0.1) is 0 Å². The SMILES string of the molecule is CCC1=C(C(C)Oc2ccc(OCC(=O)O)cc2)OC(c2ccc(C(F)(F)F)cc2)N1. The summed E-state index contributed by atoms with van der Waals surface area (Å²) in [6.45, 7) is 3.30. The molecule has 0 saturated carbocycles. The quantitative estimate of drug-likeness (QED) is 0.613. The molecule has 1 heterocycles. The number of alkyl halides is 3. The minimum absolute atomic E-state index is 0.400. The molecule has 6 nitrogen and oxygen atoms in total. The molecule has 0 aliphatic carbocycles. The van der Waals surface area contributed by atoms with Crippen LogP contribution in [0.4, 0.5) is 13.2 Å². The van der Waals surface area contributed by atoms with Crippen LogP contribution >= 0.6 is 0 Å². The molecule has 2 unspecified atom stereocenters. The van der Waals surface area contributed by atoms with Crippen LogP contribution in [0.3, 0.4) is 0 Å². The van der Waals surface area contributed by atoms with Crippen molar-refractivity contribution < 1.29 is 37.3 Å². The maximum absolute atomic E-state index is 12.8. The molecular formula is C22H22F3NO5. The fourth-order valence-electron chi connectivity index (χ4n) is 3.09. The van der Waals surface area contributed by atoms with E-state index in [-0.39, 0.29) is 0 Å². The first-order chi connectivity index (χ1) is 14.7. The van der Waals surface area contributed by atoms with Crippen molar-refractivity contribution in [3.8, 4) is 11.5 Å². The second-order valence-electron chi connectivity index (χ2n) is 6.87. The van der Waals surface area contributed by atoms with E-state index in [1.54, 1.807) is 31.2 Å². The van der Waals surface area contributed by atoms with Gasteiger partial charge in [0.05, 0.1) is 11.3 Å². The predicted molar refractivity (Wildman–Crippen MR) is 105 cm³/mol. The monoisotopic (exact) mass is 437 g/mol. The van der Waals surface area contributed by atoms with Gasteiger partial charge in [0.2, 0.25) is 0 Å². The molecular weight excluding hydrogens is 415 g/mol. The molecule has 9 heteroatoms. The van der Waals surface area contributed by atoms with Crippen LogP contribution in [0.15, 0.2) is 60.0 Å². The summed E-state index contributed by atoms with van der Waals surface area (Å²) in [5.74, 6) is 0.428. The fraction of sp³-hybridized carbons (Fsp3) is 0.318. The van der Waals surface area contributed by atoms with E-state index >= 15 is 0 Å². The van der Waals surface area contributed by atoms with Gasteiger partial charge in [-0.25, -0.2) is 4.79 Å². The number of aliphatic carboxylic acids is 1. The molecule has 0 spiro atoms. The van der Waals surface area contributed by atoms with E-state index in [2.05, 4.69) is 5.32 Å². The lowest BCUT2D eigenvalue weighted by molar-refractivity contribution is -0.139. The third-order valence-electron chi connectivity index (χ3n) is 4.61. The number of carboxylic acids is 1. The van der Waals surface area contributed by atoms with E-state index < -0.39 is 36.6 Å². The number of nitrogens with one attached hydrogen (secondary N) is 1. The van der Waals surface area contributed by atoms with Crippen molar-refractivity contribution in [1.82, 2.24) is 5.32 Å². The number of carboxylic acid groups (broad SMARTS) is 1. The summed E-state index contributed by atoms with van der Waals surface area (Å²) in [6.07, 6.45) is -4.84. The maximum atomic E-state index is 12.8. The van der Waals surface area contributed by atoms with Gasteiger partial charge in [-0.2, -0.15) is 13.2 Å². The Kier molecular flexibility index (Phi) is 6.62. The Balaban J connectivity index is 1.65. The Bertz CT molecular complexity index is 939. The molecule has 2 aromatic carbocycles. The van der Waals surface area contributed by atoms with Crippen molar-refractivity contribution in [2.75, 3.05) is 6.61 Å². The summed E-state index contributed by atoms with van der Waals surface area (Å²) in [7, 11) is 0. The summed E-state index contributed by atoms with van der Waals surface area (Å²) in [6, 6.07) is 11.3. The topological polar surface area (TPSA) is 77.0 Å². The van der Waals surface area contributed by atoms with E-state index in [1.807, 2.05) is 6.92 Å². The lowest BCUT2D eigenvalue weighted by Crippen LogP contribution is -2.17. The third-order valence-corrected chi connectivity index (χ3v) is 4.61. The largest absolute Gasteiger partial charge is 0.483 e. The van der Waals surface area contributed by atoms with Gasteiger partial charge in [-0.1, -0.05) is 19.1 Å². The first-order valence-electron chi connectivity index (χ1n) is 9.62. The van der Waals surface area contributed by atoms with E-state index in [9.17, 15) is 18.0 Å². The lowest BCUT2D eigenvalue weighted by atomic mass is 10.1. The lowest BCUT2D eigenvalue weighted by Gasteiger charge is -2.19. The molecule has 0 bridgehead atoms. The maximum Gasteiger partial charge on any atom is 0.416 e. The molecule has 2 aromatic rings. The van der Waals surface area contributed by atoms with Crippen LogP contribution < -0.4 is 14.8 Å². The number of halogens is 3. The molecule has 0 amide bonds. The molecule has 2 atom stereocenters. The van der Waals surface area contributed by atoms with Crippen molar-refractivity contribution in [2.45, 2.75) is 38.8 Å². The Hall–Kier alpha value is -3.36. The zero-order chi connectivity index (χ0) is 22.6. The normalized spacial score (nSPS) is 17.0. The molecule has 1 aliphatic rings. The molecule has 166 valence electrons. The van der Waals surface area contributed by atoms with Crippen LogP contribution in [0.25, 0.3) is 0 Å². The molecule has 0 aromatic heterocycles. The Labute approximate surface area is 177 Å². The fourth-order valence-corrected chi connectivity index (χ4v) is 3.09. The first-order valence-corrected chi connectivity index (χ1v) is 9.62. The van der Waals surface area contributed by atoms with Gasteiger partial charge in [0.1, 0.15) is 11.5 Å². The summed E-state index contributed by atoms with van der Waals surface area (Å²) in [5, 5.41) is 11.8. The average Bonchev–Trinajstić information content (AvgIpc) is 3.17. The highest BCUT2D eigenvalue weighted by Gasteiger charge is 2.32. The van der Waals surface area contributed by atoms with Crippen molar-refractivity contribution in [3.63, 3.8) is 0 Å². The Morgan fingerprint density at radius 1 is 1.13 bits per heavy atom. The molecule has 0 saturated heterocycles. The predicted octanol–water partition coefficient (Wildman–Crippen LogP) is 4.88. The van der Waals surface area contributed by atoms with E-state index in [1.165, 1.54) is 12.1 Å². The van der Waals surface area contributed by atoms with Gasteiger partial charge in [0, 0.05) is 5.56 Å². The van der Waals surface area contributed by atoms with E-state index in [4.69, 9.17) is 19.3 Å². The number of benzene rings is 2.